The molecule has 0 aliphatic carbocycles. The first-order valence-corrected chi connectivity index (χ1v) is 16.3. The van der Waals surface area contributed by atoms with E-state index in [1.807, 2.05) is 6.92 Å². The fourth-order valence-corrected chi connectivity index (χ4v) is 9.16. The third kappa shape index (κ3) is 4.31. The maximum absolute atomic E-state index is 15.7. The Morgan fingerprint density at radius 2 is 1.98 bits per heavy atom. The van der Waals surface area contributed by atoms with Crippen LogP contribution in [-0.4, -0.2) is 76.4 Å². The summed E-state index contributed by atoms with van der Waals surface area (Å²) in [6.07, 6.45) is 3.48. The second kappa shape index (κ2) is 10.3. The van der Waals surface area contributed by atoms with Crippen LogP contribution in [0.1, 0.15) is 43.4 Å². The number of piperazine rings is 1. The highest BCUT2D eigenvalue weighted by Gasteiger charge is 2.49. The number of anilines is 2. The number of hydrogen-bond acceptors (Lipinski definition) is 10. The van der Waals surface area contributed by atoms with Gasteiger partial charge in [-0.3, -0.25) is 4.90 Å². The predicted molar refractivity (Wildman–Crippen MR) is 168 cm³/mol. The summed E-state index contributed by atoms with van der Waals surface area (Å²) in [6.45, 7) is 4.74. The smallest absolute Gasteiger partial charge is 0.319 e. The van der Waals surface area contributed by atoms with E-state index in [0.29, 0.717) is 65.4 Å². The highest BCUT2D eigenvalue weighted by Crippen LogP contribution is 2.46. The van der Waals surface area contributed by atoms with Crippen molar-refractivity contribution in [2.75, 3.05) is 43.4 Å². The van der Waals surface area contributed by atoms with E-state index in [0.717, 1.165) is 36.9 Å². The monoisotopic (exact) mass is 636 g/mol. The van der Waals surface area contributed by atoms with Crippen molar-refractivity contribution >= 4 is 54.9 Å². The second-order valence-corrected chi connectivity index (χ2v) is 14.0. The number of nitrogens with two attached hydrogens (primary N) is 1. The number of hydrogen-bond donors (Lipinski definition) is 2. The molecular weight excluding hydrogens is 606 g/mol. The molecule has 9 nitrogen and oxygen atoms in total. The number of nitrogens with one attached hydrogen (secondary N) is 1. The minimum Gasteiger partial charge on any atom is -0.461 e. The average molecular weight is 637 g/mol. The minimum absolute atomic E-state index is 0.0184. The van der Waals surface area contributed by atoms with Crippen molar-refractivity contribution < 1.29 is 13.5 Å². The molecule has 4 aromatic rings. The molecule has 4 aliphatic heterocycles. The molecule has 8 rings (SSSR count). The van der Waals surface area contributed by atoms with Crippen molar-refractivity contribution in [2.24, 2.45) is 0 Å². The van der Waals surface area contributed by atoms with Gasteiger partial charge in [-0.25, -0.2) is 13.8 Å². The number of benzene rings is 1. The first-order valence-electron chi connectivity index (χ1n) is 15.1. The zero-order chi connectivity index (χ0) is 30.3. The van der Waals surface area contributed by atoms with Crippen molar-refractivity contribution in [2.45, 2.75) is 62.8 Å². The van der Waals surface area contributed by atoms with Crippen molar-refractivity contribution in [3.05, 3.63) is 34.2 Å². The van der Waals surface area contributed by atoms with Gasteiger partial charge in [-0.15, -0.1) is 11.3 Å². The van der Waals surface area contributed by atoms with Gasteiger partial charge in [0.1, 0.15) is 35.7 Å². The van der Waals surface area contributed by atoms with E-state index < -0.39 is 12.0 Å². The van der Waals surface area contributed by atoms with E-state index in [-0.39, 0.29) is 45.5 Å². The van der Waals surface area contributed by atoms with Gasteiger partial charge in [0.15, 0.2) is 11.5 Å². The van der Waals surface area contributed by atoms with Gasteiger partial charge < -0.3 is 20.7 Å². The summed E-state index contributed by atoms with van der Waals surface area (Å²) in [5.74, 6) is -0.0108. The molecule has 0 saturated carbocycles. The zero-order valence-corrected chi connectivity index (χ0v) is 25.7. The van der Waals surface area contributed by atoms with E-state index in [1.54, 1.807) is 6.07 Å². The Morgan fingerprint density at radius 1 is 1.18 bits per heavy atom. The van der Waals surface area contributed by atoms with E-state index >= 15 is 4.39 Å². The second-order valence-electron chi connectivity index (χ2n) is 12.6. The van der Waals surface area contributed by atoms with E-state index in [9.17, 15) is 9.65 Å². The van der Waals surface area contributed by atoms with E-state index in [1.165, 1.54) is 17.4 Å². The van der Waals surface area contributed by atoms with Gasteiger partial charge >= 0.3 is 6.01 Å². The fourth-order valence-electron chi connectivity index (χ4n) is 7.86. The number of nitrogens with zero attached hydrogens (tertiary/aromatic N) is 6. The number of thiophene rings is 1. The molecule has 7 heterocycles. The molecule has 2 unspecified atom stereocenters. The largest absolute Gasteiger partial charge is 0.461 e. The van der Waals surface area contributed by atoms with Crippen molar-refractivity contribution in [1.82, 2.24) is 25.2 Å². The van der Waals surface area contributed by atoms with Crippen molar-refractivity contribution in [3.63, 3.8) is 0 Å². The third-order valence-corrected chi connectivity index (χ3v) is 11.4. The molecule has 3 N–H and O–H groups in total. The van der Waals surface area contributed by atoms with Gasteiger partial charge in [0.2, 0.25) is 0 Å². The predicted octanol–water partition coefficient (Wildman–Crippen LogP) is 5.36. The van der Waals surface area contributed by atoms with Gasteiger partial charge in [-0.2, -0.15) is 15.2 Å². The molecule has 0 spiro atoms. The maximum Gasteiger partial charge on any atom is 0.319 e. The lowest BCUT2D eigenvalue weighted by molar-refractivity contribution is 0.107. The molecule has 13 heteroatoms. The molecule has 2 bridgehead atoms. The summed E-state index contributed by atoms with van der Waals surface area (Å²) < 4.78 is 37.3. The lowest BCUT2D eigenvalue weighted by atomic mass is 9.95. The molecule has 0 amide bonds. The number of ether oxygens (including phenoxy) is 1. The van der Waals surface area contributed by atoms with Crippen LogP contribution < -0.4 is 20.7 Å². The Balaban J connectivity index is 1.31. The van der Waals surface area contributed by atoms with Gasteiger partial charge in [0, 0.05) is 59.4 Å². The van der Waals surface area contributed by atoms with Gasteiger partial charge in [0.05, 0.1) is 15.6 Å². The first kappa shape index (κ1) is 28.1. The summed E-state index contributed by atoms with van der Waals surface area (Å²) in [5, 5.41) is 15.2. The van der Waals surface area contributed by atoms with Crippen LogP contribution in [0, 0.1) is 24.1 Å². The molecule has 228 valence electrons. The third-order valence-electron chi connectivity index (χ3n) is 9.92. The van der Waals surface area contributed by atoms with Gasteiger partial charge in [-0.1, -0.05) is 11.6 Å². The van der Waals surface area contributed by atoms with Crippen LogP contribution >= 0.6 is 22.9 Å². The number of halogens is 3. The topological polar surface area (TPSA) is 116 Å². The number of pyridine rings is 1. The number of nitriles is 1. The molecule has 4 fully saturated rings. The zero-order valence-electron chi connectivity index (χ0n) is 24.2. The Morgan fingerprint density at radius 3 is 2.75 bits per heavy atom. The fraction of sp³-hybridized carbons (Fsp3) is 0.484. The molecular formula is C31H31ClF2N8OS. The van der Waals surface area contributed by atoms with Crippen LogP contribution in [0.2, 0.25) is 5.02 Å². The lowest BCUT2D eigenvalue weighted by Gasteiger charge is -2.34. The Kier molecular flexibility index (Phi) is 6.61. The molecule has 4 saturated heterocycles. The van der Waals surface area contributed by atoms with Crippen LogP contribution in [-0.2, 0) is 0 Å². The Bertz CT molecular complexity index is 1870. The number of alkyl halides is 1. The summed E-state index contributed by atoms with van der Waals surface area (Å²) in [6, 6.07) is 5.91. The van der Waals surface area contributed by atoms with Crippen LogP contribution in [0.5, 0.6) is 6.01 Å². The van der Waals surface area contributed by atoms with Crippen LogP contribution in [0.3, 0.4) is 0 Å². The summed E-state index contributed by atoms with van der Waals surface area (Å²) in [7, 11) is 0. The van der Waals surface area contributed by atoms with E-state index in [4.69, 9.17) is 37.0 Å². The first-order chi connectivity index (χ1) is 21.2. The number of nitrogen functional groups attached to an aromatic ring is 1. The van der Waals surface area contributed by atoms with E-state index in [2.05, 4.69) is 21.2 Å². The summed E-state index contributed by atoms with van der Waals surface area (Å²) >= 11 is 8.51. The highest BCUT2D eigenvalue weighted by atomic mass is 35.5. The Labute approximate surface area is 262 Å². The molecule has 44 heavy (non-hydrogen) atoms. The molecule has 1 aromatic carbocycles. The standard InChI is InChI=1S/C31H31ClF2N8OS/c1-15-22-21(44-28(15)36)6-5-19(34)23(22)24-20(10-35)38-27-26(25(24)32)39-30(40-29(27)41-12-17-3-4-18(13-41)37-17)43-14-31-7-2-8-42(31)11-16(33)9-31/h5-6,16-18,37H,2-4,7-9,11-14,36H2,1H3/t16-,17?,18?,31+/m1/s1. The summed E-state index contributed by atoms with van der Waals surface area (Å²) in [4.78, 5) is 18.7. The van der Waals surface area contributed by atoms with Gasteiger partial charge in [0.25, 0.3) is 0 Å². The number of aromatic nitrogens is 3. The highest BCUT2D eigenvalue weighted by molar-refractivity contribution is 7.23. The maximum atomic E-state index is 15.7. The molecule has 0 radical (unpaired) electrons. The van der Waals surface area contributed by atoms with Crippen LogP contribution in [0.15, 0.2) is 12.1 Å². The number of fused-ring (bicyclic) bond motifs is 5. The number of rotatable bonds is 5. The van der Waals surface area contributed by atoms with Crippen molar-refractivity contribution in [1.29, 1.82) is 5.26 Å². The van der Waals surface area contributed by atoms with Crippen LogP contribution in [0.25, 0.3) is 32.2 Å². The molecule has 4 aliphatic rings. The lowest BCUT2D eigenvalue weighted by Crippen LogP contribution is -2.51. The van der Waals surface area contributed by atoms with Crippen LogP contribution in [0.4, 0.5) is 19.6 Å². The SMILES string of the molecule is Cc1c(N)sc2ccc(F)c(-c3c(C#N)nc4c(N5CC6CCC(C5)N6)nc(OC[C@@]56CCCN5C[C@H](F)C6)nc4c3Cl)c12. The Hall–Kier alpha value is -3.37. The van der Waals surface area contributed by atoms with Gasteiger partial charge in [-0.05, 0) is 56.8 Å². The minimum atomic E-state index is -0.888. The normalized spacial score (nSPS) is 26.5. The quantitative estimate of drug-likeness (QED) is 0.299. The van der Waals surface area contributed by atoms with Crippen molar-refractivity contribution in [3.8, 4) is 23.2 Å². The summed E-state index contributed by atoms with van der Waals surface area (Å²) in [5.41, 5.74) is 7.52. The molecule has 3 aromatic heterocycles. The average Bonchev–Trinajstić information content (AvgIpc) is 3.73. The number of aryl methyl sites for hydroxylation is 1. The molecule has 4 atom stereocenters.